The SMILES string of the molecule is CSc1c(C2C=CNC3=C2C(=O)OC3)ccc[n+]1[O-]. The third-order valence-electron chi connectivity index (χ3n) is 3.22. The number of cyclic esters (lactones) is 1. The minimum atomic E-state index is -0.315. The normalized spacial score (nSPS) is 21.1. The van der Waals surface area contributed by atoms with Crippen LogP contribution in [0.3, 0.4) is 0 Å². The van der Waals surface area contributed by atoms with Gasteiger partial charge in [-0.25, -0.2) is 4.79 Å². The van der Waals surface area contributed by atoms with Crippen LogP contribution in [0.4, 0.5) is 0 Å². The maximum atomic E-state index is 11.8. The first kappa shape index (κ1) is 12.1. The summed E-state index contributed by atoms with van der Waals surface area (Å²) in [6, 6.07) is 3.56. The zero-order chi connectivity index (χ0) is 13.4. The van der Waals surface area contributed by atoms with Crippen molar-refractivity contribution in [1.82, 2.24) is 5.32 Å². The third kappa shape index (κ3) is 1.88. The van der Waals surface area contributed by atoms with Gasteiger partial charge in [-0.1, -0.05) is 17.8 Å². The molecule has 1 unspecified atom stereocenters. The van der Waals surface area contributed by atoms with Gasteiger partial charge in [-0.05, 0) is 18.5 Å². The summed E-state index contributed by atoms with van der Waals surface area (Å²) in [7, 11) is 0. The lowest BCUT2D eigenvalue weighted by Crippen LogP contribution is -2.31. The largest absolute Gasteiger partial charge is 0.618 e. The van der Waals surface area contributed by atoms with Gasteiger partial charge in [-0.15, -0.1) is 0 Å². The molecule has 1 atom stereocenters. The first-order valence-corrected chi connectivity index (χ1v) is 7.04. The van der Waals surface area contributed by atoms with Gasteiger partial charge in [0.05, 0.1) is 11.3 Å². The topological polar surface area (TPSA) is 65.3 Å². The van der Waals surface area contributed by atoms with Crippen LogP contribution in [0.25, 0.3) is 0 Å². The summed E-state index contributed by atoms with van der Waals surface area (Å²) < 4.78 is 5.88. The van der Waals surface area contributed by atoms with Crippen molar-refractivity contribution in [3.63, 3.8) is 0 Å². The highest BCUT2D eigenvalue weighted by molar-refractivity contribution is 7.98. The maximum Gasteiger partial charge on any atom is 0.337 e. The van der Waals surface area contributed by atoms with Crippen LogP contribution in [-0.4, -0.2) is 18.8 Å². The Hall–Kier alpha value is -1.95. The lowest BCUT2D eigenvalue weighted by molar-refractivity contribution is -0.646. The standard InChI is InChI=1S/C13H12N2O3S/c1-19-12-9(3-2-6-15(12)17)8-4-5-14-10-7-18-13(16)11(8)10/h2-6,8,14H,7H2,1H3. The minimum absolute atomic E-state index is 0.227. The van der Waals surface area contributed by atoms with E-state index in [0.29, 0.717) is 10.6 Å². The van der Waals surface area contributed by atoms with Gasteiger partial charge in [0.1, 0.15) is 6.61 Å². The summed E-state index contributed by atoms with van der Waals surface area (Å²) in [6.07, 6.45) is 6.97. The quantitative estimate of drug-likeness (QED) is 0.378. The monoisotopic (exact) mass is 276 g/mol. The lowest BCUT2D eigenvalue weighted by atomic mass is 9.90. The van der Waals surface area contributed by atoms with E-state index < -0.39 is 0 Å². The first-order valence-electron chi connectivity index (χ1n) is 5.82. The summed E-state index contributed by atoms with van der Waals surface area (Å²) in [6.45, 7) is 0.272. The molecular formula is C13H12N2O3S. The van der Waals surface area contributed by atoms with Crippen LogP contribution in [0.5, 0.6) is 0 Å². The van der Waals surface area contributed by atoms with Crippen LogP contribution >= 0.6 is 11.8 Å². The number of hydrogen-bond donors (Lipinski definition) is 1. The molecule has 0 bridgehead atoms. The van der Waals surface area contributed by atoms with E-state index in [1.165, 1.54) is 18.0 Å². The highest BCUT2D eigenvalue weighted by atomic mass is 32.2. The summed E-state index contributed by atoms with van der Waals surface area (Å²) >= 11 is 1.37. The number of dihydropyridines is 1. The van der Waals surface area contributed by atoms with Crippen molar-refractivity contribution in [3.05, 3.63) is 52.6 Å². The molecule has 0 fully saturated rings. The maximum absolute atomic E-state index is 11.8. The van der Waals surface area contributed by atoms with Gasteiger partial charge in [0, 0.05) is 17.5 Å². The number of thioether (sulfide) groups is 1. The van der Waals surface area contributed by atoms with Crippen molar-refractivity contribution >= 4 is 17.7 Å². The fraction of sp³-hybridized carbons (Fsp3) is 0.231. The van der Waals surface area contributed by atoms with Crippen LogP contribution in [0.1, 0.15) is 11.5 Å². The average Bonchev–Trinajstić information content (AvgIpc) is 2.80. The van der Waals surface area contributed by atoms with Crippen molar-refractivity contribution in [3.8, 4) is 0 Å². The molecule has 0 saturated heterocycles. The number of nitrogens with zero attached hydrogens (tertiary/aromatic N) is 1. The van der Waals surface area contributed by atoms with E-state index in [4.69, 9.17) is 4.74 Å². The van der Waals surface area contributed by atoms with Gasteiger partial charge in [0.2, 0.25) is 0 Å². The number of ether oxygens (including phenoxy) is 1. The molecule has 0 saturated carbocycles. The molecule has 3 heterocycles. The van der Waals surface area contributed by atoms with Crippen LogP contribution in [0, 0.1) is 5.21 Å². The number of carbonyl (C=O) groups excluding carboxylic acids is 1. The number of rotatable bonds is 2. The van der Waals surface area contributed by atoms with Crippen molar-refractivity contribution in [2.75, 3.05) is 12.9 Å². The predicted octanol–water partition coefficient (Wildman–Crippen LogP) is 1.05. The third-order valence-corrected chi connectivity index (χ3v) is 4.02. The first-order chi connectivity index (χ1) is 9.22. The van der Waals surface area contributed by atoms with E-state index in [1.54, 1.807) is 12.3 Å². The molecule has 0 aliphatic carbocycles. The zero-order valence-electron chi connectivity index (χ0n) is 10.3. The summed E-state index contributed by atoms with van der Waals surface area (Å²) in [5.41, 5.74) is 2.21. The summed E-state index contributed by atoms with van der Waals surface area (Å²) in [5.74, 6) is -0.541. The molecule has 2 aliphatic rings. The molecule has 19 heavy (non-hydrogen) atoms. The van der Waals surface area contributed by atoms with Crippen LogP contribution < -0.4 is 10.0 Å². The Morgan fingerprint density at radius 1 is 1.58 bits per heavy atom. The molecule has 5 nitrogen and oxygen atoms in total. The van der Waals surface area contributed by atoms with E-state index in [1.807, 2.05) is 18.4 Å². The molecule has 2 aliphatic heterocycles. The number of carbonyl (C=O) groups is 1. The molecule has 1 N–H and O–H groups in total. The zero-order valence-corrected chi connectivity index (χ0v) is 11.1. The second-order valence-electron chi connectivity index (χ2n) is 4.25. The van der Waals surface area contributed by atoms with Crippen LogP contribution in [0.2, 0.25) is 0 Å². The van der Waals surface area contributed by atoms with E-state index in [-0.39, 0.29) is 18.5 Å². The Morgan fingerprint density at radius 2 is 2.42 bits per heavy atom. The molecule has 0 aromatic carbocycles. The van der Waals surface area contributed by atoms with Gasteiger partial charge < -0.3 is 15.3 Å². The van der Waals surface area contributed by atoms with Gasteiger partial charge in [0.25, 0.3) is 5.03 Å². The summed E-state index contributed by atoms with van der Waals surface area (Å²) in [4.78, 5) is 11.8. The van der Waals surface area contributed by atoms with Gasteiger partial charge >= 0.3 is 5.97 Å². The molecule has 1 aromatic rings. The van der Waals surface area contributed by atoms with Gasteiger partial charge in [-0.2, -0.15) is 4.73 Å². The van der Waals surface area contributed by atoms with Gasteiger partial charge in [-0.3, -0.25) is 0 Å². The van der Waals surface area contributed by atoms with E-state index >= 15 is 0 Å². The number of pyridine rings is 1. The predicted molar refractivity (Wildman–Crippen MR) is 70.2 cm³/mol. The van der Waals surface area contributed by atoms with E-state index in [9.17, 15) is 10.0 Å². The average molecular weight is 276 g/mol. The number of allylic oxidation sites excluding steroid dienone is 1. The molecule has 6 heteroatoms. The van der Waals surface area contributed by atoms with Crippen molar-refractivity contribution < 1.29 is 14.3 Å². The van der Waals surface area contributed by atoms with Crippen LogP contribution in [-0.2, 0) is 9.53 Å². The molecular weight excluding hydrogens is 264 g/mol. The Balaban J connectivity index is 2.11. The van der Waals surface area contributed by atoms with Crippen molar-refractivity contribution in [1.29, 1.82) is 0 Å². The van der Waals surface area contributed by atoms with Crippen molar-refractivity contribution in [2.45, 2.75) is 10.9 Å². The minimum Gasteiger partial charge on any atom is -0.618 e. The van der Waals surface area contributed by atoms with Crippen LogP contribution in [0.15, 0.2) is 46.9 Å². The highest BCUT2D eigenvalue weighted by Gasteiger charge is 2.35. The fourth-order valence-corrected chi connectivity index (χ4v) is 3.06. The van der Waals surface area contributed by atoms with E-state index in [2.05, 4.69) is 5.32 Å². The molecule has 1 aromatic heterocycles. The number of esters is 1. The molecule has 98 valence electrons. The van der Waals surface area contributed by atoms with Crippen molar-refractivity contribution in [2.24, 2.45) is 0 Å². The van der Waals surface area contributed by atoms with Gasteiger partial charge in [0.15, 0.2) is 6.20 Å². The molecule has 0 amide bonds. The Bertz CT molecular complexity index is 610. The number of aromatic nitrogens is 1. The lowest BCUT2D eigenvalue weighted by Gasteiger charge is -2.19. The summed E-state index contributed by atoms with van der Waals surface area (Å²) in [5, 5.41) is 15.4. The number of nitrogens with one attached hydrogen (secondary N) is 1. The number of hydrogen-bond acceptors (Lipinski definition) is 5. The fourth-order valence-electron chi connectivity index (χ4n) is 2.39. The Labute approximate surface area is 114 Å². The highest BCUT2D eigenvalue weighted by Crippen LogP contribution is 2.36. The smallest absolute Gasteiger partial charge is 0.337 e. The second-order valence-corrected chi connectivity index (χ2v) is 5.04. The second kappa shape index (κ2) is 4.62. The molecule has 3 rings (SSSR count). The Kier molecular flexibility index (Phi) is 2.94. The van der Waals surface area contributed by atoms with E-state index in [0.717, 1.165) is 16.0 Å². The molecule has 0 radical (unpaired) electrons. The Morgan fingerprint density at radius 3 is 3.21 bits per heavy atom. The molecule has 0 spiro atoms.